The van der Waals surface area contributed by atoms with Crippen molar-refractivity contribution in [2.24, 2.45) is 0 Å². The lowest BCUT2D eigenvalue weighted by molar-refractivity contribution is 0.411. The highest BCUT2D eigenvalue weighted by atomic mass is 35.5. The zero-order chi connectivity index (χ0) is 21.8. The monoisotopic (exact) mass is 436 g/mol. The first kappa shape index (κ1) is 22.9. The lowest BCUT2D eigenvalue weighted by atomic mass is 9.97. The first-order valence-corrected chi connectivity index (χ1v) is 9.88. The second-order valence-electron chi connectivity index (χ2n) is 5.66. The summed E-state index contributed by atoms with van der Waals surface area (Å²) in [5.41, 5.74) is 3.50. The van der Waals surface area contributed by atoms with Crippen molar-refractivity contribution in [3.63, 3.8) is 0 Å². The normalized spacial score (nSPS) is 8.70. The molecule has 2 aromatic rings. The summed E-state index contributed by atoms with van der Waals surface area (Å²) >= 11 is 12.3. The van der Waals surface area contributed by atoms with E-state index in [0.29, 0.717) is 29.0 Å². The molecule has 0 fully saturated rings. The number of rotatable bonds is 6. The van der Waals surface area contributed by atoms with Crippen LogP contribution in [-0.4, -0.2) is 7.11 Å². The van der Waals surface area contributed by atoms with Crippen LogP contribution < -0.4 is 14.2 Å². The summed E-state index contributed by atoms with van der Waals surface area (Å²) in [5, 5.41) is 0. The molecule has 0 bridgehead atoms. The van der Waals surface area contributed by atoms with E-state index in [1.54, 1.807) is 33.1 Å². The minimum Gasteiger partial charge on any atom is -0.496 e. The molecule has 0 spiro atoms. The van der Waals surface area contributed by atoms with Crippen molar-refractivity contribution in [1.29, 1.82) is 0 Å². The van der Waals surface area contributed by atoms with E-state index in [9.17, 15) is 0 Å². The smallest absolute Gasteiger partial charge is 0.184 e. The largest absolute Gasteiger partial charge is 0.496 e. The maximum Gasteiger partial charge on any atom is 0.184 e. The predicted molar refractivity (Wildman–Crippen MR) is 121 cm³/mol. The van der Waals surface area contributed by atoms with E-state index < -0.39 is 0 Å². The molecule has 3 nitrogen and oxygen atoms in total. The lowest BCUT2D eigenvalue weighted by Gasteiger charge is -2.15. The van der Waals surface area contributed by atoms with Crippen molar-refractivity contribution in [2.45, 2.75) is 25.6 Å². The van der Waals surface area contributed by atoms with Crippen LogP contribution in [0.4, 0.5) is 0 Å². The van der Waals surface area contributed by atoms with E-state index in [0.717, 1.165) is 22.3 Å². The molecule has 0 saturated heterocycles. The number of halogens is 2. The van der Waals surface area contributed by atoms with Gasteiger partial charge in [0.15, 0.2) is 11.5 Å². The van der Waals surface area contributed by atoms with Gasteiger partial charge in [-0.3, -0.25) is 0 Å². The van der Waals surface area contributed by atoms with Crippen LogP contribution in [0.2, 0.25) is 0 Å². The fourth-order valence-electron chi connectivity index (χ4n) is 2.52. The number of benzene rings is 2. The average Bonchev–Trinajstić information content (AvgIpc) is 2.79. The van der Waals surface area contributed by atoms with Crippen LogP contribution >= 0.6 is 23.2 Å². The van der Waals surface area contributed by atoms with Crippen LogP contribution in [0, 0.1) is 47.7 Å². The Labute approximate surface area is 187 Å². The first-order chi connectivity index (χ1) is 14.7. The molecular weight excluding hydrogens is 419 g/mol. The second-order valence-corrected chi connectivity index (χ2v) is 6.19. The van der Waals surface area contributed by atoms with E-state index in [2.05, 4.69) is 47.7 Å². The standard InChI is InChI=1S/C25H18Cl2O3/c1-4-6-8-12-29-23-11-10-19(15-25(23)30-13-9-7-5-2)22-14-21(18-27)24(28-3)16-20(22)17-26/h10-11,14-16H,17-18H2,1-3H3. The van der Waals surface area contributed by atoms with Crippen LogP contribution in [0.15, 0.2) is 30.3 Å². The molecule has 0 aliphatic rings. The molecule has 30 heavy (non-hydrogen) atoms. The van der Waals surface area contributed by atoms with E-state index in [-0.39, 0.29) is 0 Å². The van der Waals surface area contributed by atoms with Gasteiger partial charge in [0.2, 0.25) is 0 Å². The summed E-state index contributed by atoms with van der Waals surface area (Å²) in [7, 11) is 1.60. The highest BCUT2D eigenvalue weighted by Gasteiger charge is 2.14. The van der Waals surface area contributed by atoms with E-state index in [4.69, 9.17) is 37.4 Å². The third-order valence-corrected chi connectivity index (χ3v) is 4.42. The molecule has 0 amide bonds. The summed E-state index contributed by atoms with van der Waals surface area (Å²) in [6, 6.07) is 9.26. The molecule has 0 saturated carbocycles. The molecule has 0 N–H and O–H groups in total. The van der Waals surface area contributed by atoms with Crippen LogP contribution in [-0.2, 0) is 11.8 Å². The maximum absolute atomic E-state index is 6.18. The molecule has 150 valence electrons. The molecule has 2 rings (SSSR count). The highest BCUT2D eigenvalue weighted by Crippen LogP contribution is 2.37. The van der Waals surface area contributed by atoms with E-state index in [1.165, 1.54) is 0 Å². The van der Waals surface area contributed by atoms with Crippen LogP contribution in [0.5, 0.6) is 17.2 Å². The summed E-state index contributed by atoms with van der Waals surface area (Å²) in [6.45, 7) is 3.39. The Morgan fingerprint density at radius 3 is 1.93 bits per heavy atom. The Morgan fingerprint density at radius 1 is 0.733 bits per heavy atom. The number of hydrogen-bond acceptors (Lipinski definition) is 3. The van der Waals surface area contributed by atoms with Gasteiger partial charge in [0.05, 0.1) is 13.0 Å². The fourth-order valence-corrected chi connectivity index (χ4v) is 2.95. The SMILES string of the molecule is CC#CC#COc1ccc(-c2cc(CCl)c(OC)cc2CCl)cc1OC#CC#CC. The van der Waals surface area contributed by atoms with Gasteiger partial charge in [-0.25, -0.2) is 0 Å². The van der Waals surface area contributed by atoms with Crippen molar-refractivity contribution in [2.75, 3.05) is 7.11 Å². The molecule has 5 heteroatoms. The minimum atomic E-state index is 0.301. The molecule has 0 unspecified atom stereocenters. The summed E-state index contributed by atoms with van der Waals surface area (Å²) in [5.74, 6) is 17.9. The van der Waals surface area contributed by atoms with Crippen LogP contribution in [0.3, 0.4) is 0 Å². The van der Waals surface area contributed by atoms with Gasteiger partial charge in [0, 0.05) is 23.3 Å². The lowest BCUT2D eigenvalue weighted by Crippen LogP contribution is -1.96. The Kier molecular flexibility index (Phi) is 9.38. The van der Waals surface area contributed by atoms with Crippen molar-refractivity contribution in [3.8, 4) is 76.1 Å². The zero-order valence-electron chi connectivity index (χ0n) is 16.8. The molecule has 2 aromatic carbocycles. The summed E-state index contributed by atoms with van der Waals surface area (Å²) in [6.07, 6.45) is 5.07. The molecule has 0 atom stereocenters. The number of alkyl halides is 2. The van der Waals surface area contributed by atoms with Gasteiger partial charge >= 0.3 is 0 Å². The molecule has 0 aromatic heterocycles. The molecule has 0 aliphatic carbocycles. The van der Waals surface area contributed by atoms with Gasteiger partial charge < -0.3 is 14.2 Å². The van der Waals surface area contributed by atoms with Crippen molar-refractivity contribution >= 4 is 23.2 Å². The number of ether oxygens (including phenoxy) is 3. The molecule has 0 aliphatic heterocycles. The predicted octanol–water partition coefficient (Wildman–Crippen LogP) is 5.57. The van der Waals surface area contributed by atoms with Crippen molar-refractivity contribution in [3.05, 3.63) is 41.5 Å². The van der Waals surface area contributed by atoms with Gasteiger partial charge in [0.25, 0.3) is 0 Å². The van der Waals surface area contributed by atoms with E-state index in [1.807, 2.05) is 18.2 Å². The molecule has 0 radical (unpaired) electrons. The number of methoxy groups -OCH3 is 1. The summed E-state index contributed by atoms with van der Waals surface area (Å²) < 4.78 is 16.4. The Bertz CT molecular complexity index is 1150. The Balaban J connectivity index is 2.55. The zero-order valence-corrected chi connectivity index (χ0v) is 18.3. The maximum atomic E-state index is 6.18. The average molecular weight is 437 g/mol. The quantitative estimate of drug-likeness (QED) is 0.437. The Hall–Kier alpha value is -3.34. The second kappa shape index (κ2) is 12.3. The van der Waals surface area contributed by atoms with Gasteiger partial charge in [-0.1, -0.05) is 17.9 Å². The van der Waals surface area contributed by atoms with Crippen molar-refractivity contribution < 1.29 is 14.2 Å². The van der Waals surface area contributed by atoms with Crippen LogP contribution in [0.25, 0.3) is 11.1 Å². The third kappa shape index (κ3) is 6.08. The Morgan fingerprint density at radius 2 is 1.37 bits per heavy atom. The minimum absolute atomic E-state index is 0.301. The van der Waals surface area contributed by atoms with E-state index >= 15 is 0 Å². The third-order valence-electron chi connectivity index (χ3n) is 3.85. The van der Waals surface area contributed by atoms with Crippen LogP contribution in [0.1, 0.15) is 25.0 Å². The fraction of sp³-hybridized carbons (Fsp3) is 0.200. The molecular formula is C25H18Cl2O3. The van der Waals surface area contributed by atoms with Gasteiger partial charge in [-0.2, -0.15) is 0 Å². The topological polar surface area (TPSA) is 27.7 Å². The van der Waals surface area contributed by atoms with Gasteiger partial charge in [-0.05, 0) is 66.6 Å². The van der Waals surface area contributed by atoms with Gasteiger partial charge in [0.1, 0.15) is 18.0 Å². The summed E-state index contributed by atoms with van der Waals surface area (Å²) in [4.78, 5) is 0. The highest BCUT2D eigenvalue weighted by molar-refractivity contribution is 6.18. The van der Waals surface area contributed by atoms with Crippen molar-refractivity contribution in [1.82, 2.24) is 0 Å². The molecule has 0 heterocycles. The van der Waals surface area contributed by atoms with Gasteiger partial charge in [-0.15, -0.1) is 23.2 Å². The number of hydrogen-bond donors (Lipinski definition) is 0. The first-order valence-electron chi connectivity index (χ1n) is 8.81.